The van der Waals surface area contributed by atoms with Crippen molar-refractivity contribution >= 4 is 12.1 Å². The van der Waals surface area contributed by atoms with Gasteiger partial charge in [-0.15, -0.1) is 0 Å². The van der Waals surface area contributed by atoms with Crippen molar-refractivity contribution in [3.05, 3.63) is 77.9 Å². The molecule has 1 amide bonds. The van der Waals surface area contributed by atoms with Crippen LogP contribution in [-0.2, 0) is 6.61 Å². The van der Waals surface area contributed by atoms with Gasteiger partial charge in [0, 0.05) is 11.8 Å². The Labute approximate surface area is 148 Å². The minimum absolute atomic E-state index is 0.196. The Morgan fingerprint density at radius 1 is 1.12 bits per heavy atom. The summed E-state index contributed by atoms with van der Waals surface area (Å²) < 4.78 is 5.69. The Morgan fingerprint density at radius 2 is 1.92 bits per heavy atom. The van der Waals surface area contributed by atoms with Gasteiger partial charge < -0.3 is 4.74 Å². The minimum atomic E-state index is -0.196. The van der Waals surface area contributed by atoms with Gasteiger partial charge in [-0.1, -0.05) is 42.5 Å². The standard InChI is InChI=1S/C21H22N2O2/c24-21(23-22-15-17-7-3-1-4-8-17)19-13-11-18(12-14-19)16-25-20-9-5-2-6-10-20/h1-3,5-6,9-15,17H,4,7-8,16H2,(H,23,24)/b22-15-/t17-/m1/s1. The fourth-order valence-corrected chi connectivity index (χ4v) is 2.65. The van der Waals surface area contributed by atoms with Gasteiger partial charge in [-0.25, -0.2) is 5.43 Å². The van der Waals surface area contributed by atoms with Crippen LogP contribution in [0.2, 0.25) is 0 Å². The molecule has 1 aliphatic carbocycles. The third-order valence-corrected chi connectivity index (χ3v) is 4.13. The number of carbonyl (C=O) groups excluding carboxylic acids is 1. The zero-order chi connectivity index (χ0) is 17.3. The average Bonchev–Trinajstić information content (AvgIpc) is 2.68. The molecule has 2 aromatic rings. The lowest BCUT2D eigenvalue weighted by Gasteiger charge is -2.11. The van der Waals surface area contributed by atoms with E-state index in [1.54, 1.807) is 12.1 Å². The molecule has 0 aromatic heterocycles. The van der Waals surface area contributed by atoms with Gasteiger partial charge in [0.15, 0.2) is 0 Å². The number of hydrogen-bond acceptors (Lipinski definition) is 3. The molecule has 0 bridgehead atoms. The van der Waals surface area contributed by atoms with Gasteiger partial charge in [-0.3, -0.25) is 4.79 Å². The fraction of sp³-hybridized carbons (Fsp3) is 0.238. The van der Waals surface area contributed by atoms with Crippen LogP contribution >= 0.6 is 0 Å². The molecule has 1 aliphatic rings. The van der Waals surface area contributed by atoms with Crippen molar-refractivity contribution in [1.29, 1.82) is 0 Å². The summed E-state index contributed by atoms with van der Waals surface area (Å²) in [6.07, 6.45) is 9.35. The summed E-state index contributed by atoms with van der Waals surface area (Å²) in [7, 11) is 0. The van der Waals surface area contributed by atoms with Gasteiger partial charge in [-0.2, -0.15) is 5.10 Å². The van der Waals surface area contributed by atoms with Gasteiger partial charge in [0.2, 0.25) is 0 Å². The molecule has 0 saturated carbocycles. The highest BCUT2D eigenvalue weighted by Crippen LogP contribution is 2.15. The van der Waals surface area contributed by atoms with Crippen LogP contribution in [-0.4, -0.2) is 12.1 Å². The Bertz CT molecular complexity index is 736. The smallest absolute Gasteiger partial charge is 0.271 e. The highest BCUT2D eigenvalue weighted by atomic mass is 16.5. The van der Waals surface area contributed by atoms with Crippen LogP contribution in [0.5, 0.6) is 5.75 Å². The first-order valence-electron chi connectivity index (χ1n) is 8.56. The number of nitrogens with zero attached hydrogens (tertiary/aromatic N) is 1. The van der Waals surface area contributed by atoms with Crippen molar-refractivity contribution < 1.29 is 9.53 Å². The number of amides is 1. The van der Waals surface area contributed by atoms with E-state index in [4.69, 9.17) is 4.74 Å². The van der Waals surface area contributed by atoms with E-state index in [2.05, 4.69) is 22.7 Å². The van der Waals surface area contributed by atoms with Crippen molar-refractivity contribution in [2.75, 3.05) is 0 Å². The van der Waals surface area contributed by atoms with E-state index >= 15 is 0 Å². The van der Waals surface area contributed by atoms with Gasteiger partial charge >= 0.3 is 0 Å². The molecule has 3 rings (SSSR count). The lowest BCUT2D eigenvalue weighted by atomic mass is 9.96. The third-order valence-electron chi connectivity index (χ3n) is 4.13. The van der Waals surface area contributed by atoms with E-state index in [-0.39, 0.29) is 5.91 Å². The topological polar surface area (TPSA) is 50.7 Å². The van der Waals surface area contributed by atoms with Crippen molar-refractivity contribution in [2.24, 2.45) is 11.0 Å². The molecule has 1 atom stereocenters. The molecule has 4 nitrogen and oxygen atoms in total. The number of nitrogens with one attached hydrogen (secondary N) is 1. The first-order chi connectivity index (χ1) is 12.3. The zero-order valence-corrected chi connectivity index (χ0v) is 14.1. The first kappa shape index (κ1) is 17.0. The van der Waals surface area contributed by atoms with E-state index in [0.717, 1.165) is 30.6 Å². The van der Waals surface area contributed by atoms with Crippen LogP contribution in [0.15, 0.2) is 71.9 Å². The highest BCUT2D eigenvalue weighted by molar-refractivity contribution is 5.94. The molecule has 0 fully saturated rings. The van der Waals surface area contributed by atoms with Crippen LogP contribution in [0, 0.1) is 5.92 Å². The molecule has 0 radical (unpaired) electrons. The molecule has 0 spiro atoms. The summed E-state index contributed by atoms with van der Waals surface area (Å²) in [5.41, 5.74) is 4.20. The maximum atomic E-state index is 12.1. The number of rotatable bonds is 6. The number of hydrazone groups is 1. The van der Waals surface area contributed by atoms with Gasteiger partial charge in [-0.05, 0) is 55.0 Å². The average molecular weight is 334 g/mol. The molecular formula is C21H22N2O2. The van der Waals surface area contributed by atoms with Gasteiger partial charge in [0.1, 0.15) is 12.4 Å². The number of benzene rings is 2. The number of hydrogen-bond donors (Lipinski definition) is 1. The number of carbonyl (C=O) groups is 1. The minimum Gasteiger partial charge on any atom is -0.489 e. The Balaban J connectivity index is 1.48. The van der Waals surface area contributed by atoms with Crippen LogP contribution in [0.1, 0.15) is 35.2 Å². The maximum absolute atomic E-state index is 12.1. The quantitative estimate of drug-likeness (QED) is 0.485. The summed E-state index contributed by atoms with van der Waals surface area (Å²) in [6, 6.07) is 17.0. The monoisotopic (exact) mass is 334 g/mol. The van der Waals surface area contributed by atoms with E-state index in [9.17, 15) is 4.79 Å². The molecular weight excluding hydrogens is 312 g/mol. The van der Waals surface area contributed by atoms with Crippen molar-refractivity contribution in [3.63, 3.8) is 0 Å². The summed E-state index contributed by atoms with van der Waals surface area (Å²) in [4.78, 5) is 12.1. The molecule has 0 aliphatic heterocycles. The van der Waals surface area contributed by atoms with E-state index in [1.165, 1.54) is 0 Å². The molecule has 128 valence electrons. The normalized spacial score (nSPS) is 16.7. The van der Waals surface area contributed by atoms with Crippen LogP contribution in [0.4, 0.5) is 0 Å². The first-order valence-corrected chi connectivity index (χ1v) is 8.56. The predicted molar refractivity (Wildman–Crippen MR) is 99.7 cm³/mol. The summed E-state index contributed by atoms with van der Waals surface area (Å²) in [5.74, 6) is 1.05. The fourth-order valence-electron chi connectivity index (χ4n) is 2.65. The van der Waals surface area contributed by atoms with E-state index in [0.29, 0.717) is 18.1 Å². The molecule has 0 heterocycles. The molecule has 4 heteroatoms. The lowest BCUT2D eigenvalue weighted by Crippen LogP contribution is -2.18. The van der Waals surface area contributed by atoms with Crippen LogP contribution in [0.3, 0.4) is 0 Å². The summed E-state index contributed by atoms with van der Waals surface area (Å²) >= 11 is 0. The van der Waals surface area contributed by atoms with E-state index < -0.39 is 0 Å². The zero-order valence-electron chi connectivity index (χ0n) is 14.1. The number of para-hydroxylation sites is 1. The predicted octanol–water partition coefficient (Wildman–Crippen LogP) is 4.34. The maximum Gasteiger partial charge on any atom is 0.271 e. The van der Waals surface area contributed by atoms with E-state index in [1.807, 2.05) is 48.7 Å². The highest BCUT2D eigenvalue weighted by Gasteiger charge is 2.08. The molecule has 2 aromatic carbocycles. The molecule has 0 saturated heterocycles. The SMILES string of the molecule is O=C(N/N=C\[C@@H]1CC=CCC1)c1ccc(COc2ccccc2)cc1. The summed E-state index contributed by atoms with van der Waals surface area (Å²) in [5, 5.41) is 4.09. The molecule has 0 unspecified atom stereocenters. The Kier molecular flexibility index (Phi) is 5.99. The second kappa shape index (κ2) is 8.83. The summed E-state index contributed by atoms with van der Waals surface area (Å²) in [6.45, 7) is 0.471. The largest absolute Gasteiger partial charge is 0.489 e. The van der Waals surface area contributed by atoms with Gasteiger partial charge in [0.25, 0.3) is 5.91 Å². The molecule has 25 heavy (non-hydrogen) atoms. The van der Waals surface area contributed by atoms with Crippen molar-refractivity contribution in [1.82, 2.24) is 5.43 Å². The van der Waals surface area contributed by atoms with Crippen LogP contribution < -0.4 is 10.2 Å². The third kappa shape index (κ3) is 5.31. The van der Waals surface area contributed by atoms with Crippen molar-refractivity contribution in [2.45, 2.75) is 25.9 Å². The Hall–Kier alpha value is -2.88. The molecule has 1 N–H and O–H groups in total. The number of ether oxygens (including phenoxy) is 1. The van der Waals surface area contributed by atoms with Crippen molar-refractivity contribution in [3.8, 4) is 5.75 Å². The lowest BCUT2D eigenvalue weighted by molar-refractivity contribution is 0.0955. The second-order valence-electron chi connectivity index (χ2n) is 6.06. The van der Waals surface area contributed by atoms with Crippen LogP contribution in [0.25, 0.3) is 0 Å². The Morgan fingerprint density at radius 3 is 2.64 bits per heavy atom. The number of allylic oxidation sites excluding steroid dienone is 2. The van der Waals surface area contributed by atoms with Gasteiger partial charge in [0.05, 0.1) is 0 Å². The second-order valence-corrected chi connectivity index (χ2v) is 6.06.